The third kappa shape index (κ3) is 2.81. The van der Waals surface area contributed by atoms with Gasteiger partial charge >= 0.3 is 0 Å². The van der Waals surface area contributed by atoms with Gasteiger partial charge in [0.05, 0.1) is 6.20 Å². The van der Waals surface area contributed by atoms with Crippen molar-refractivity contribution < 1.29 is 8.78 Å². The molecule has 20 heavy (non-hydrogen) atoms. The van der Waals surface area contributed by atoms with Crippen LogP contribution in [0.5, 0.6) is 0 Å². The molecule has 108 valence electrons. The van der Waals surface area contributed by atoms with E-state index in [1.54, 1.807) is 37.2 Å². The Morgan fingerprint density at radius 2 is 2.10 bits per heavy atom. The lowest BCUT2D eigenvalue weighted by molar-refractivity contribution is 0.152. The maximum atomic E-state index is 13.3. The number of rotatable bonds is 5. The van der Waals surface area contributed by atoms with Gasteiger partial charge in [-0.3, -0.25) is 4.68 Å². The van der Waals surface area contributed by atoms with Crippen LogP contribution in [0.3, 0.4) is 0 Å². The van der Waals surface area contributed by atoms with Gasteiger partial charge in [-0.1, -0.05) is 13.3 Å². The first-order chi connectivity index (χ1) is 9.56. The molecule has 2 aromatic rings. The molecule has 1 heterocycles. The van der Waals surface area contributed by atoms with Crippen molar-refractivity contribution in [2.75, 3.05) is 12.4 Å². The first kappa shape index (κ1) is 14.5. The smallest absolute Gasteiger partial charge is 0.264 e. The van der Waals surface area contributed by atoms with Crippen LogP contribution < -0.4 is 5.32 Å². The molecule has 0 aliphatic heterocycles. The number of anilines is 1. The maximum absolute atomic E-state index is 13.3. The number of halogens is 2. The van der Waals surface area contributed by atoms with Crippen molar-refractivity contribution in [1.29, 1.82) is 0 Å². The lowest BCUT2D eigenvalue weighted by Gasteiger charge is -2.15. The fourth-order valence-corrected chi connectivity index (χ4v) is 2.36. The van der Waals surface area contributed by atoms with Crippen LogP contribution in [0.15, 0.2) is 24.5 Å². The van der Waals surface area contributed by atoms with Gasteiger partial charge in [0.25, 0.3) is 6.43 Å². The number of nitrogens with one attached hydrogen (secondary N) is 1. The first-order valence-electron chi connectivity index (χ1n) is 6.68. The lowest BCUT2D eigenvalue weighted by atomic mass is 9.96. The van der Waals surface area contributed by atoms with Crippen molar-refractivity contribution in [2.24, 2.45) is 7.05 Å². The molecule has 3 nitrogen and oxygen atoms in total. The molecule has 0 unspecified atom stereocenters. The molecule has 1 aromatic carbocycles. The summed E-state index contributed by atoms with van der Waals surface area (Å²) < 4.78 is 28.2. The lowest BCUT2D eigenvalue weighted by Crippen LogP contribution is -2.00. The van der Waals surface area contributed by atoms with Gasteiger partial charge in [0.2, 0.25) is 0 Å². The molecule has 0 fully saturated rings. The highest BCUT2D eigenvalue weighted by Crippen LogP contribution is 2.35. The van der Waals surface area contributed by atoms with E-state index in [1.165, 1.54) is 0 Å². The predicted octanol–water partition coefficient (Wildman–Crippen LogP) is 4.02. The fourth-order valence-electron chi connectivity index (χ4n) is 2.36. The van der Waals surface area contributed by atoms with Crippen molar-refractivity contribution in [3.63, 3.8) is 0 Å². The molecule has 2 rings (SSSR count). The molecule has 0 amide bonds. The predicted molar refractivity (Wildman–Crippen MR) is 77.1 cm³/mol. The van der Waals surface area contributed by atoms with E-state index in [-0.39, 0.29) is 5.56 Å². The van der Waals surface area contributed by atoms with E-state index in [0.29, 0.717) is 5.56 Å². The highest BCUT2D eigenvalue weighted by Gasteiger charge is 2.18. The molecule has 0 saturated carbocycles. The molecule has 1 aromatic heterocycles. The topological polar surface area (TPSA) is 29.9 Å². The molecule has 1 N–H and O–H groups in total. The van der Waals surface area contributed by atoms with E-state index < -0.39 is 6.43 Å². The number of alkyl halides is 2. The van der Waals surface area contributed by atoms with Crippen LogP contribution in [0.1, 0.15) is 30.9 Å². The summed E-state index contributed by atoms with van der Waals surface area (Å²) in [5, 5.41) is 7.07. The zero-order valence-electron chi connectivity index (χ0n) is 12.0. The number of hydrogen-bond acceptors (Lipinski definition) is 2. The van der Waals surface area contributed by atoms with Crippen LogP contribution >= 0.6 is 0 Å². The van der Waals surface area contributed by atoms with Crippen molar-refractivity contribution in [1.82, 2.24) is 9.78 Å². The molecule has 0 atom stereocenters. The van der Waals surface area contributed by atoms with Crippen LogP contribution in [0.4, 0.5) is 14.5 Å². The Hall–Kier alpha value is -1.91. The molecule has 0 aliphatic carbocycles. The van der Waals surface area contributed by atoms with Gasteiger partial charge in [0, 0.05) is 37.1 Å². The average molecular weight is 279 g/mol. The van der Waals surface area contributed by atoms with E-state index in [2.05, 4.69) is 17.3 Å². The molecular formula is C15H19F2N3. The molecular weight excluding hydrogens is 260 g/mol. The molecule has 0 bridgehead atoms. The third-order valence-electron chi connectivity index (χ3n) is 3.32. The van der Waals surface area contributed by atoms with Crippen molar-refractivity contribution in [2.45, 2.75) is 26.2 Å². The van der Waals surface area contributed by atoms with E-state index in [0.717, 1.165) is 29.7 Å². The normalized spacial score (nSPS) is 11.1. The summed E-state index contributed by atoms with van der Waals surface area (Å²) >= 11 is 0. The molecule has 5 heteroatoms. The van der Waals surface area contributed by atoms with E-state index in [1.807, 2.05) is 6.07 Å². The number of aromatic nitrogens is 2. The number of benzene rings is 1. The van der Waals surface area contributed by atoms with Gasteiger partial charge in [0.15, 0.2) is 0 Å². The molecule has 0 radical (unpaired) electrons. The van der Waals surface area contributed by atoms with Gasteiger partial charge in [0.1, 0.15) is 0 Å². The highest BCUT2D eigenvalue weighted by molar-refractivity contribution is 5.72. The Balaban J connectivity index is 2.60. The number of nitrogens with zero attached hydrogens (tertiary/aromatic N) is 2. The maximum Gasteiger partial charge on any atom is 0.264 e. The minimum Gasteiger partial charge on any atom is -0.388 e. The van der Waals surface area contributed by atoms with Crippen LogP contribution in [0.25, 0.3) is 11.1 Å². The quantitative estimate of drug-likeness (QED) is 0.896. The average Bonchev–Trinajstić information content (AvgIpc) is 2.85. The zero-order valence-corrected chi connectivity index (χ0v) is 12.0. The molecule has 0 aliphatic rings. The summed E-state index contributed by atoms with van der Waals surface area (Å²) in [5.74, 6) is 0. The van der Waals surface area contributed by atoms with Crippen molar-refractivity contribution >= 4 is 5.69 Å². The second-order valence-corrected chi connectivity index (χ2v) is 4.80. The summed E-state index contributed by atoms with van der Waals surface area (Å²) in [5.41, 5.74) is 3.16. The van der Waals surface area contributed by atoms with Crippen molar-refractivity contribution in [3.8, 4) is 11.1 Å². The van der Waals surface area contributed by atoms with Crippen LogP contribution in [0, 0.1) is 0 Å². The Morgan fingerprint density at radius 1 is 1.35 bits per heavy atom. The van der Waals surface area contributed by atoms with Crippen LogP contribution in [-0.2, 0) is 13.5 Å². The SMILES string of the molecule is CCCc1cc(-c2cnn(C)c2)c(C(F)F)cc1NC. The Labute approximate surface area is 117 Å². The number of hydrogen-bond donors (Lipinski definition) is 1. The third-order valence-corrected chi connectivity index (χ3v) is 3.32. The minimum atomic E-state index is -2.51. The van der Waals surface area contributed by atoms with Gasteiger partial charge in [-0.25, -0.2) is 8.78 Å². The molecule has 0 saturated heterocycles. The van der Waals surface area contributed by atoms with Crippen LogP contribution in [-0.4, -0.2) is 16.8 Å². The van der Waals surface area contributed by atoms with E-state index in [4.69, 9.17) is 0 Å². The van der Waals surface area contributed by atoms with Crippen molar-refractivity contribution in [3.05, 3.63) is 35.7 Å². The minimum absolute atomic E-state index is 0.0437. The standard InChI is InChI=1S/C15H19F2N3/c1-4-5-10-6-12(11-8-19-20(3)9-11)13(15(16)17)7-14(10)18-2/h6-9,15,18H,4-5H2,1-3H3. The van der Waals surface area contributed by atoms with Gasteiger partial charge in [-0.05, 0) is 29.7 Å². The summed E-state index contributed by atoms with van der Waals surface area (Å²) in [4.78, 5) is 0. The summed E-state index contributed by atoms with van der Waals surface area (Å²) in [7, 11) is 3.54. The summed E-state index contributed by atoms with van der Waals surface area (Å²) in [6.45, 7) is 2.07. The zero-order chi connectivity index (χ0) is 14.7. The summed E-state index contributed by atoms with van der Waals surface area (Å²) in [6.07, 6.45) is 2.70. The Kier molecular flexibility index (Phi) is 4.37. The van der Waals surface area contributed by atoms with E-state index >= 15 is 0 Å². The molecule has 0 spiro atoms. The van der Waals surface area contributed by atoms with E-state index in [9.17, 15) is 8.78 Å². The largest absolute Gasteiger partial charge is 0.388 e. The monoisotopic (exact) mass is 279 g/mol. The van der Waals surface area contributed by atoms with Gasteiger partial charge < -0.3 is 5.32 Å². The summed E-state index contributed by atoms with van der Waals surface area (Å²) in [6, 6.07) is 3.41. The number of aryl methyl sites for hydroxylation is 2. The van der Waals surface area contributed by atoms with Gasteiger partial charge in [-0.2, -0.15) is 5.10 Å². The Morgan fingerprint density at radius 3 is 2.60 bits per heavy atom. The highest BCUT2D eigenvalue weighted by atomic mass is 19.3. The second kappa shape index (κ2) is 6.03. The van der Waals surface area contributed by atoms with Crippen LogP contribution in [0.2, 0.25) is 0 Å². The first-order valence-corrected chi connectivity index (χ1v) is 6.68. The fraction of sp³-hybridized carbons (Fsp3) is 0.400. The Bertz CT molecular complexity index is 591. The van der Waals surface area contributed by atoms with Gasteiger partial charge in [-0.15, -0.1) is 0 Å². The second-order valence-electron chi connectivity index (χ2n) is 4.80.